The summed E-state index contributed by atoms with van der Waals surface area (Å²) in [6.07, 6.45) is 0. The second-order valence-corrected chi connectivity index (χ2v) is 5.16. The summed E-state index contributed by atoms with van der Waals surface area (Å²) < 4.78 is 5.64. The van der Waals surface area contributed by atoms with Gasteiger partial charge in [-0.15, -0.1) is 0 Å². The molecular weight excluding hydrogens is 292 g/mol. The molecule has 2 N–H and O–H groups in total. The zero-order valence-electron chi connectivity index (χ0n) is 12.8. The van der Waals surface area contributed by atoms with Crippen LogP contribution in [0.4, 0.5) is 5.69 Å². The van der Waals surface area contributed by atoms with E-state index in [1.807, 2.05) is 31.2 Å². The maximum absolute atomic E-state index is 12.4. The van der Waals surface area contributed by atoms with Crippen molar-refractivity contribution in [1.29, 1.82) is 0 Å². The molecule has 0 aliphatic rings. The minimum atomic E-state index is -0.314. The minimum Gasteiger partial charge on any atom is -0.451 e. The highest BCUT2D eigenvalue weighted by atomic mass is 16.3. The molecule has 3 rings (SSSR count). The molecule has 1 aromatic heterocycles. The lowest BCUT2D eigenvalue weighted by molar-refractivity contribution is 0.0962. The number of carbonyl (C=O) groups excluding carboxylic acids is 2. The van der Waals surface area contributed by atoms with Gasteiger partial charge < -0.3 is 15.1 Å². The average molecular weight is 308 g/mol. The van der Waals surface area contributed by atoms with E-state index in [2.05, 4.69) is 10.6 Å². The van der Waals surface area contributed by atoms with E-state index in [0.717, 1.165) is 10.9 Å². The van der Waals surface area contributed by atoms with Gasteiger partial charge in [0.15, 0.2) is 5.76 Å². The Balaban J connectivity index is 1.83. The van der Waals surface area contributed by atoms with E-state index in [1.165, 1.54) is 0 Å². The fourth-order valence-electron chi connectivity index (χ4n) is 2.43. The first-order chi connectivity index (χ1) is 11.1. The van der Waals surface area contributed by atoms with Crippen LogP contribution in [-0.2, 0) is 0 Å². The van der Waals surface area contributed by atoms with Gasteiger partial charge in [0, 0.05) is 29.2 Å². The Morgan fingerprint density at radius 3 is 2.30 bits per heavy atom. The molecule has 2 amide bonds. The number of para-hydroxylation sites is 1. The SMILES string of the molecule is CNC(=O)c1ccc(NC(=O)c2oc3ccccc3c2C)cc1. The van der Waals surface area contributed by atoms with Crippen LogP contribution in [0.25, 0.3) is 11.0 Å². The van der Waals surface area contributed by atoms with Crippen LogP contribution in [0.15, 0.2) is 52.9 Å². The molecule has 23 heavy (non-hydrogen) atoms. The van der Waals surface area contributed by atoms with Crippen LogP contribution in [-0.4, -0.2) is 18.9 Å². The molecule has 0 saturated carbocycles. The number of anilines is 1. The Hall–Kier alpha value is -3.08. The largest absolute Gasteiger partial charge is 0.451 e. The zero-order valence-corrected chi connectivity index (χ0v) is 12.8. The van der Waals surface area contributed by atoms with Crippen LogP contribution in [0, 0.1) is 6.92 Å². The summed E-state index contributed by atoms with van der Waals surface area (Å²) in [4.78, 5) is 23.9. The first-order valence-corrected chi connectivity index (χ1v) is 7.22. The highest BCUT2D eigenvalue weighted by Crippen LogP contribution is 2.25. The lowest BCUT2D eigenvalue weighted by atomic mass is 10.1. The Labute approximate surface area is 133 Å². The summed E-state index contributed by atoms with van der Waals surface area (Å²) in [7, 11) is 1.57. The Kier molecular flexibility index (Phi) is 3.85. The van der Waals surface area contributed by atoms with E-state index in [9.17, 15) is 9.59 Å². The summed E-state index contributed by atoms with van der Waals surface area (Å²) >= 11 is 0. The van der Waals surface area contributed by atoms with Gasteiger partial charge in [0.2, 0.25) is 0 Å². The molecule has 116 valence electrons. The molecule has 2 aromatic carbocycles. The van der Waals surface area contributed by atoms with Crippen LogP contribution in [0.3, 0.4) is 0 Å². The molecule has 0 unspecified atom stereocenters. The molecule has 0 saturated heterocycles. The quantitative estimate of drug-likeness (QED) is 0.779. The topological polar surface area (TPSA) is 71.3 Å². The molecule has 0 aliphatic carbocycles. The highest BCUT2D eigenvalue weighted by molar-refractivity contribution is 6.06. The Morgan fingerprint density at radius 1 is 0.957 bits per heavy atom. The average Bonchev–Trinajstić information content (AvgIpc) is 2.92. The van der Waals surface area contributed by atoms with Crippen molar-refractivity contribution in [2.45, 2.75) is 6.92 Å². The first kappa shape index (κ1) is 14.8. The van der Waals surface area contributed by atoms with Crippen molar-refractivity contribution in [1.82, 2.24) is 5.32 Å². The van der Waals surface area contributed by atoms with E-state index in [0.29, 0.717) is 22.6 Å². The Morgan fingerprint density at radius 2 is 1.65 bits per heavy atom. The molecular formula is C18H16N2O3. The maximum Gasteiger partial charge on any atom is 0.291 e. The fourth-order valence-corrected chi connectivity index (χ4v) is 2.43. The van der Waals surface area contributed by atoms with Gasteiger partial charge in [-0.1, -0.05) is 18.2 Å². The van der Waals surface area contributed by atoms with Crippen LogP contribution in [0.5, 0.6) is 0 Å². The van der Waals surface area contributed by atoms with Gasteiger partial charge in [-0.3, -0.25) is 9.59 Å². The summed E-state index contributed by atoms with van der Waals surface area (Å²) in [5.74, 6) is -0.191. The number of aryl methyl sites for hydroxylation is 1. The van der Waals surface area contributed by atoms with Crippen LogP contribution >= 0.6 is 0 Å². The van der Waals surface area contributed by atoms with Gasteiger partial charge in [0.05, 0.1) is 0 Å². The van der Waals surface area contributed by atoms with Crippen molar-refractivity contribution in [2.75, 3.05) is 12.4 Å². The van der Waals surface area contributed by atoms with Crippen LogP contribution in [0.2, 0.25) is 0 Å². The summed E-state index contributed by atoms with van der Waals surface area (Å²) in [5.41, 5.74) is 2.62. The van der Waals surface area contributed by atoms with Crippen LogP contribution < -0.4 is 10.6 Å². The standard InChI is InChI=1S/C18H16N2O3/c1-11-14-5-3-4-6-15(14)23-16(11)18(22)20-13-9-7-12(8-10-13)17(21)19-2/h3-10H,1-2H3,(H,19,21)(H,20,22). The third-order valence-corrected chi connectivity index (χ3v) is 3.68. The molecule has 0 spiro atoms. The number of hydrogen-bond acceptors (Lipinski definition) is 3. The number of furan rings is 1. The molecule has 5 heteroatoms. The smallest absolute Gasteiger partial charge is 0.291 e. The lowest BCUT2D eigenvalue weighted by Gasteiger charge is -2.05. The molecule has 5 nitrogen and oxygen atoms in total. The number of benzene rings is 2. The van der Waals surface area contributed by atoms with Gasteiger partial charge in [0.1, 0.15) is 5.58 Å². The van der Waals surface area contributed by atoms with Crippen molar-refractivity contribution < 1.29 is 14.0 Å². The van der Waals surface area contributed by atoms with E-state index in [1.54, 1.807) is 31.3 Å². The van der Waals surface area contributed by atoms with Crippen molar-refractivity contribution in [3.05, 3.63) is 65.4 Å². The molecule has 0 aliphatic heterocycles. The van der Waals surface area contributed by atoms with Gasteiger partial charge in [-0.05, 0) is 37.3 Å². The molecule has 0 atom stereocenters. The second-order valence-electron chi connectivity index (χ2n) is 5.16. The molecule has 3 aromatic rings. The monoisotopic (exact) mass is 308 g/mol. The first-order valence-electron chi connectivity index (χ1n) is 7.22. The maximum atomic E-state index is 12.4. The molecule has 0 bridgehead atoms. The molecule has 0 fully saturated rings. The second kappa shape index (κ2) is 5.96. The third-order valence-electron chi connectivity index (χ3n) is 3.68. The summed E-state index contributed by atoms with van der Waals surface area (Å²) in [5, 5.41) is 6.25. The van der Waals surface area contributed by atoms with Crippen LogP contribution in [0.1, 0.15) is 26.5 Å². The van der Waals surface area contributed by atoms with Crippen molar-refractivity contribution >= 4 is 28.5 Å². The van der Waals surface area contributed by atoms with Crippen molar-refractivity contribution in [3.8, 4) is 0 Å². The van der Waals surface area contributed by atoms with Crippen molar-refractivity contribution in [2.24, 2.45) is 0 Å². The predicted octanol–water partition coefficient (Wildman–Crippen LogP) is 3.35. The predicted molar refractivity (Wildman–Crippen MR) is 88.7 cm³/mol. The van der Waals surface area contributed by atoms with Gasteiger partial charge >= 0.3 is 0 Å². The number of rotatable bonds is 3. The van der Waals surface area contributed by atoms with Gasteiger partial charge in [0.25, 0.3) is 11.8 Å². The number of fused-ring (bicyclic) bond motifs is 1. The number of amides is 2. The fraction of sp³-hybridized carbons (Fsp3) is 0.111. The number of nitrogens with one attached hydrogen (secondary N) is 2. The van der Waals surface area contributed by atoms with Crippen molar-refractivity contribution in [3.63, 3.8) is 0 Å². The summed E-state index contributed by atoms with van der Waals surface area (Å²) in [6, 6.07) is 14.2. The highest BCUT2D eigenvalue weighted by Gasteiger charge is 2.17. The van der Waals surface area contributed by atoms with Gasteiger partial charge in [-0.2, -0.15) is 0 Å². The van der Waals surface area contributed by atoms with E-state index in [-0.39, 0.29) is 11.8 Å². The molecule has 0 radical (unpaired) electrons. The van der Waals surface area contributed by atoms with E-state index >= 15 is 0 Å². The van der Waals surface area contributed by atoms with E-state index in [4.69, 9.17) is 4.42 Å². The van der Waals surface area contributed by atoms with Gasteiger partial charge in [-0.25, -0.2) is 0 Å². The Bertz CT molecular complexity index is 879. The third kappa shape index (κ3) is 2.81. The number of hydrogen-bond donors (Lipinski definition) is 2. The lowest BCUT2D eigenvalue weighted by Crippen LogP contribution is -2.18. The number of carbonyl (C=O) groups is 2. The molecule has 1 heterocycles. The van der Waals surface area contributed by atoms with E-state index < -0.39 is 0 Å². The zero-order chi connectivity index (χ0) is 16.4. The summed E-state index contributed by atoms with van der Waals surface area (Å²) in [6.45, 7) is 1.86. The minimum absolute atomic E-state index is 0.170. The normalized spacial score (nSPS) is 10.5.